The van der Waals surface area contributed by atoms with Crippen LogP contribution in [0.5, 0.6) is 17.2 Å². The molecule has 0 fully saturated rings. The van der Waals surface area contributed by atoms with Crippen LogP contribution in [0.1, 0.15) is 5.56 Å². The van der Waals surface area contributed by atoms with E-state index < -0.39 is 0 Å². The zero-order valence-electron chi connectivity index (χ0n) is 15.1. The maximum Gasteiger partial charge on any atom is 0.175 e. The van der Waals surface area contributed by atoms with E-state index in [0.717, 1.165) is 37.4 Å². The molecular formula is C19H20N2O3S3. The molecule has 1 heterocycles. The summed E-state index contributed by atoms with van der Waals surface area (Å²) in [6.45, 7) is 0.616. The topological polar surface area (TPSA) is 53.5 Å². The van der Waals surface area contributed by atoms with Crippen LogP contribution >= 0.6 is 34.9 Å². The Bertz CT molecular complexity index is 823. The van der Waals surface area contributed by atoms with Crippen molar-refractivity contribution in [3.05, 3.63) is 54.1 Å². The largest absolute Gasteiger partial charge is 0.497 e. The molecule has 1 aromatic heterocycles. The van der Waals surface area contributed by atoms with Crippen molar-refractivity contribution in [3.63, 3.8) is 0 Å². The molecule has 142 valence electrons. The molecule has 0 aliphatic rings. The van der Waals surface area contributed by atoms with E-state index in [2.05, 4.69) is 22.3 Å². The van der Waals surface area contributed by atoms with Gasteiger partial charge in [0.25, 0.3) is 0 Å². The summed E-state index contributed by atoms with van der Waals surface area (Å²) in [5.41, 5.74) is 1.23. The summed E-state index contributed by atoms with van der Waals surface area (Å²) >= 11 is 4.97. The molecule has 0 radical (unpaired) electrons. The molecule has 2 aromatic carbocycles. The van der Waals surface area contributed by atoms with Gasteiger partial charge in [0.1, 0.15) is 17.2 Å². The number of hydrogen-bond acceptors (Lipinski definition) is 8. The van der Waals surface area contributed by atoms with Crippen molar-refractivity contribution in [2.45, 2.75) is 14.4 Å². The number of ether oxygens (including phenoxy) is 3. The lowest BCUT2D eigenvalue weighted by Crippen LogP contribution is -1.99. The highest BCUT2D eigenvalue weighted by Crippen LogP contribution is 2.31. The molecule has 0 saturated carbocycles. The standard InChI is InChI=1S/C19H20N2O3S3/c1-22-15-5-3-14(4-6-15)13-26-19-21-20-18(27-19)25-12-11-24-17-9-7-16(23-2)8-10-17/h3-10H,11-13H2,1-2H3. The Morgan fingerprint density at radius 3 is 1.96 bits per heavy atom. The Kier molecular flexibility index (Phi) is 7.67. The molecule has 0 aliphatic heterocycles. The van der Waals surface area contributed by atoms with Crippen LogP contribution < -0.4 is 14.2 Å². The molecule has 0 amide bonds. The molecule has 3 aromatic rings. The van der Waals surface area contributed by atoms with Gasteiger partial charge in [-0.25, -0.2) is 0 Å². The molecular weight excluding hydrogens is 400 g/mol. The van der Waals surface area contributed by atoms with E-state index in [1.807, 2.05) is 36.4 Å². The maximum absolute atomic E-state index is 5.72. The highest BCUT2D eigenvalue weighted by Gasteiger charge is 2.06. The van der Waals surface area contributed by atoms with E-state index in [-0.39, 0.29) is 0 Å². The summed E-state index contributed by atoms with van der Waals surface area (Å²) in [6.07, 6.45) is 0. The fraction of sp³-hybridized carbons (Fsp3) is 0.263. The third-order valence-electron chi connectivity index (χ3n) is 3.55. The monoisotopic (exact) mass is 420 g/mol. The van der Waals surface area contributed by atoms with Gasteiger partial charge in [-0.1, -0.05) is 47.0 Å². The second-order valence-corrected chi connectivity index (χ2v) is 8.89. The van der Waals surface area contributed by atoms with E-state index in [9.17, 15) is 0 Å². The molecule has 0 bridgehead atoms. The van der Waals surface area contributed by atoms with Crippen LogP contribution in [-0.2, 0) is 5.75 Å². The summed E-state index contributed by atoms with van der Waals surface area (Å²) in [4.78, 5) is 0. The molecule has 27 heavy (non-hydrogen) atoms. The SMILES string of the molecule is COc1ccc(CSc2nnc(SCCOc3ccc(OC)cc3)s2)cc1. The van der Waals surface area contributed by atoms with Crippen LogP contribution in [0.15, 0.2) is 57.2 Å². The Morgan fingerprint density at radius 2 is 1.33 bits per heavy atom. The molecule has 5 nitrogen and oxygen atoms in total. The van der Waals surface area contributed by atoms with Gasteiger partial charge in [-0.15, -0.1) is 10.2 Å². The average Bonchev–Trinajstić information content (AvgIpc) is 3.18. The summed E-state index contributed by atoms with van der Waals surface area (Å²) < 4.78 is 18.0. The van der Waals surface area contributed by atoms with Crippen LogP contribution in [0.3, 0.4) is 0 Å². The van der Waals surface area contributed by atoms with Crippen molar-refractivity contribution >= 4 is 34.9 Å². The number of rotatable bonds is 10. The minimum atomic E-state index is 0.616. The molecule has 0 unspecified atom stereocenters. The van der Waals surface area contributed by atoms with Crippen LogP contribution in [0, 0.1) is 0 Å². The van der Waals surface area contributed by atoms with Gasteiger partial charge in [0.15, 0.2) is 8.68 Å². The number of nitrogens with zero attached hydrogens (tertiary/aromatic N) is 2. The Labute approximate surface area is 171 Å². The first kappa shape index (κ1) is 19.9. The second kappa shape index (κ2) is 10.4. The van der Waals surface area contributed by atoms with Gasteiger partial charge in [0, 0.05) is 11.5 Å². The van der Waals surface area contributed by atoms with Crippen LogP contribution in [0.2, 0.25) is 0 Å². The van der Waals surface area contributed by atoms with Gasteiger partial charge in [-0.05, 0) is 42.0 Å². The Morgan fingerprint density at radius 1 is 0.778 bits per heavy atom. The van der Waals surface area contributed by atoms with Crippen molar-refractivity contribution < 1.29 is 14.2 Å². The smallest absolute Gasteiger partial charge is 0.175 e. The van der Waals surface area contributed by atoms with Gasteiger partial charge in [0.2, 0.25) is 0 Å². The minimum Gasteiger partial charge on any atom is -0.497 e. The Hall–Kier alpha value is -1.90. The first-order valence-electron chi connectivity index (χ1n) is 8.25. The zero-order valence-corrected chi connectivity index (χ0v) is 17.5. The number of benzene rings is 2. The maximum atomic E-state index is 5.72. The predicted molar refractivity (Wildman–Crippen MR) is 112 cm³/mol. The van der Waals surface area contributed by atoms with Gasteiger partial charge in [0.05, 0.1) is 20.8 Å². The third-order valence-corrected chi connectivity index (χ3v) is 6.77. The first-order valence-corrected chi connectivity index (χ1v) is 11.0. The number of thioether (sulfide) groups is 2. The first-order chi connectivity index (χ1) is 13.3. The van der Waals surface area contributed by atoms with E-state index >= 15 is 0 Å². The van der Waals surface area contributed by atoms with Crippen molar-refractivity contribution in [3.8, 4) is 17.2 Å². The molecule has 0 N–H and O–H groups in total. The van der Waals surface area contributed by atoms with E-state index in [1.54, 1.807) is 49.1 Å². The van der Waals surface area contributed by atoms with Crippen LogP contribution in [0.4, 0.5) is 0 Å². The van der Waals surface area contributed by atoms with Gasteiger partial charge in [-0.2, -0.15) is 0 Å². The summed E-state index contributed by atoms with van der Waals surface area (Å²) in [5, 5.41) is 8.49. The zero-order chi connectivity index (χ0) is 18.9. The minimum absolute atomic E-state index is 0.616. The molecule has 0 aliphatic carbocycles. The summed E-state index contributed by atoms with van der Waals surface area (Å²) in [5.74, 6) is 4.22. The van der Waals surface area contributed by atoms with Crippen molar-refractivity contribution in [2.75, 3.05) is 26.6 Å². The normalized spacial score (nSPS) is 10.6. The summed E-state index contributed by atoms with van der Waals surface area (Å²) in [6, 6.07) is 15.7. The molecule has 0 atom stereocenters. The van der Waals surface area contributed by atoms with E-state index in [1.165, 1.54) is 5.56 Å². The van der Waals surface area contributed by atoms with E-state index in [4.69, 9.17) is 14.2 Å². The van der Waals surface area contributed by atoms with Gasteiger partial charge in [-0.3, -0.25) is 0 Å². The fourth-order valence-electron chi connectivity index (χ4n) is 2.14. The second-order valence-electron chi connectivity index (χ2n) is 5.34. The fourth-order valence-corrected chi connectivity index (χ4v) is 5.00. The average molecular weight is 421 g/mol. The van der Waals surface area contributed by atoms with Crippen molar-refractivity contribution in [1.82, 2.24) is 10.2 Å². The lowest BCUT2D eigenvalue weighted by Gasteiger charge is -2.05. The number of aromatic nitrogens is 2. The van der Waals surface area contributed by atoms with E-state index in [0.29, 0.717) is 6.61 Å². The number of hydrogen-bond donors (Lipinski definition) is 0. The van der Waals surface area contributed by atoms with Gasteiger partial charge < -0.3 is 14.2 Å². The number of methoxy groups -OCH3 is 2. The quantitative estimate of drug-likeness (QED) is 0.337. The lowest BCUT2D eigenvalue weighted by molar-refractivity contribution is 0.342. The molecule has 0 saturated heterocycles. The molecule has 0 spiro atoms. The van der Waals surface area contributed by atoms with Crippen LogP contribution in [-0.4, -0.2) is 36.8 Å². The third kappa shape index (κ3) is 6.34. The van der Waals surface area contributed by atoms with Gasteiger partial charge >= 0.3 is 0 Å². The summed E-state index contributed by atoms with van der Waals surface area (Å²) in [7, 11) is 3.32. The van der Waals surface area contributed by atoms with Crippen molar-refractivity contribution in [2.24, 2.45) is 0 Å². The predicted octanol–water partition coefficient (Wildman–Crippen LogP) is 5.02. The van der Waals surface area contributed by atoms with Crippen LogP contribution in [0.25, 0.3) is 0 Å². The highest BCUT2D eigenvalue weighted by molar-refractivity contribution is 8.02. The molecule has 3 rings (SSSR count). The lowest BCUT2D eigenvalue weighted by atomic mass is 10.2. The molecule has 8 heteroatoms. The Balaban J connectivity index is 1.38. The van der Waals surface area contributed by atoms with Crippen molar-refractivity contribution in [1.29, 1.82) is 0 Å². The highest BCUT2D eigenvalue weighted by atomic mass is 32.2.